The van der Waals surface area contributed by atoms with Gasteiger partial charge >= 0.3 is 0 Å². The number of nitrogens with zero attached hydrogens (tertiary/aromatic N) is 4. The van der Waals surface area contributed by atoms with E-state index in [1.165, 1.54) is 11.2 Å². The number of carbonyl (C=O) groups is 1. The molecule has 23 heavy (non-hydrogen) atoms. The van der Waals surface area contributed by atoms with Crippen LogP contribution in [-0.4, -0.2) is 52.2 Å². The first-order valence-corrected chi connectivity index (χ1v) is 8.86. The molecule has 0 radical (unpaired) electrons. The van der Waals surface area contributed by atoms with Crippen molar-refractivity contribution < 1.29 is 4.79 Å². The van der Waals surface area contributed by atoms with Crippen molar-refractivity contribution >= 4 is 23.2 Å². The number of anilines is 1. The van der Waals surface area contributed by atoms with Gasteiger partial charge in [0.1, 0.15) is 6.33 Å². The quantitative estimate of drug-likeness (QED) is 0.933. The Kier molecular flexibility index (Phi) is 3.23. The molecule has 3 heterocycles. The van der Waals surface area contributed by atoms with Crippen molar-refractivity contribution in [2.75, 3.05) is 31.1 Å². The van der Waals surface area contributed by atoms with Gasteiger partial charge < -0.3 is 9.80 Å². The van der Waals surface area contributed by atoms with Crippen LogP contribution >= 0.6 is 11.3 Å². The third-order valence-electron chi connectivity index (χ3n) is 5.31. The molecule has 1 aliphatic heterocycles. The maximum atomic E-state index is 13.3. The van der Waals surface area contributed by atoms with Crippen LogP contribution in [0.4, 0.5) is 5.95 Å². The molecule has 1 N–H and O–H groups in total. The van der Waals surface area contributed by atoms with Crippen molar-refractivity contribution in [2.24, 2.45) is 5.41 Å². The van der Waals surface area contributed by atoms with Crippen LogP contribution in [0, 0.1) is 5.41 Å². The molecule has 0 bridgehead atoms. The minimum Gasteiger partial charge on any atom is -0.338 e. The largest absolute Gasteiger partial charge is 0.338 e. The fourth-order valence-corrected chi connectivity index (χ4v) is 4.87. The molecule has 1 aliphatic carbocycles. The van der Waals surface area contributed by atoms with Crippen LogP contribution in [0.3, 0.4) is 0 Å². The lowest BCUT2D eigenvalue weighted by atomic mass is 9.92. The number of piperazine rings is 1. The van der Waals surface area contributed by atoms with Crippen LogP contribution in [-0.2, 0) is 10.2 Å². The smallest absolute Gasteiger partial charge is 0.234 e. The summed E-state index contributed by atoms with van der Waals surface area (Å²) in [4.78, 5) is 22.8. The number of H-pyrrole nitrogens is 1. The second kappa shape index (κ2) is 5.06. The van der Waals surface area contributed by atoms with Gasteiger partial charge in [0, 0.05) is 31.1 Å². The predicted molar refractivity (Wildman–Crippen MR) is 89.6 cm³/mol. The Morgan fingerprint density at radius 2 is 2.04 bits per heavy atom. The zero-order valence-electron chi connectivity index (χ0n) is 13.5. The highest BCUT2D eigenvalue weighted by Gasteiger charge is 2.68. The van der Waals surface area contributed by atoms with Crippen molar-refractivity contribution in [3.05, 3.63) is 28.7 Å². The Morgan fingerprint density at radius 1 is 1.30 bits per heavy atom. The fourth-order valence-electron chi connectivity index (χ4n) is 3.77. The summed E-state index contributed by atoms with van der Waals surface area (Å²) in [5, 5.41) is 8.86. The first kappa shape index (κ1) is 14.7. The summed E-state index contributed by atoms with van der Waals surface area (Å²) in [6.07, 6.45) is 2.47. The molecule has 1 saturated heterocycles. The second-order valence-corrected chi connectivity index (χ2v) is 7.98. The van der Waals surface area contributed by atoms with Crippen LogP contribution < -0.4 is 4.90 Å². The van der Waals surface area contributed by atoms with Crippen molar-refractivity contribution in [2.45, 2.75) is 25.7 Å². The summed E-state index contributed by atoms with van der Waals surface area (Å²) >= 11 is 1.70. The lowest BCUT2D eigenvalue weighted by molar-refractivity contribution is -0.135. The van der Waals surface area contributed by atoms with E-state index in [4.69, 9.17) is 0 Å². The summed E-state index contributed by atoms with van der Waals surface area (Å²) in [6.45, 7) is 7.47. The Bertz CT molecular complexity index is 688. The highest BCUT2D eigenvalue weighted by Crippen LogP contribution is 2.66. The number of nitrogens with one attached hydrogen (secondary N) is 1. The lowest BCUT2D eigenvalue weighted by Crippen LogP contribution is -2.52. The zero-order valence-corrected chi connectivity index (χ0v) is 14.3. The number of hydrogen-bond donors (Lipinski definition) is 1. The van der Waals surface area contributed by atoms with Crippen LogP contribution in [0.2, 0.25) is 0 Å². The van der Waals surface area contributed by atoms with Gasteiger partial charge in [-0.25, -0.2) is 5.10 Å². The molecule has 1 amide bonds. The summed E-state index contributed by atoms with van der Waals surface area (Å²) < 4.78 is 0. The van der Waals surface area contributed by atoms with Gasteiger partial charge in [0.25, 0.3) is 0 Å². The Morgan fingerprint density at radius 3 is 2.57 bits per heavy atom. The average Bonchev–Trinajstić information content (AvgIpc) is 3.07. The molecule has 4 rings (SSSR count). The number of aromatic nitrogens is 3. The van der Waals surface area contributed by atoms with Crippen LogP contribution in [0.5, 0.6) is 0 Å². The molecule has 7 heteroatoms. The summed E-state index contributed by atoms with van der Waals surface area (Å²) in [5.41, 5.74) is -0.257. The molecule has 0 aromatic carbocycles. The minimum atomic E-state index is -0.310. The van der Waals surface area contributed by atoms with E-state index in [1.54, 1.807) is 11.3 Å². The van der Waals surface area contributed by atoms with Crippen LogP contribution in [0.1, 0.15) is 25.1 Å². The third-order valence-corrected chi connectivity index (χ3v) is 6.34. The molecule has 122 valence electrons. The average molecular weight is 331 g/mol. The SMILES string of the molecule is CC1(C)CC1(C(=O)N1CCN(c2ncn[nH]2)CC1)c1cccs1. The molecule has 2 fully saturated rings. The van der Waals surface area contributed by atoms with Crippen LogP contribution in [0.25, 0.3) is 0 Å². The van der Waals surface area contributed by atoms with Crippen molar-refractivity contribution in [1.29, 1.82) is 0 Å². The molecule has 2 aromatic rings. The van der Waals surface area contributed by atoms with Gasteiger partial charge in [-0.3, -0.25) is 4.79 Å². The molecule has 2 aromatic heterocycles. The number of carbonyl (C=O) groups excluding carboxylic acids is 1. The number of aromatic amines is 1. The van der Waals surface area contributed by atoms with E-state index >= 15 is 0 Å². The van der Waals surface area contributed by atoms with E-state index in [1.807, 2.05) is 11.0 Å². The highest BCUT2D eigenvalue weighted by molar-refractivity contribution is 7.10. The summed E-state index contributed by atoms with van der Waals surface area (Å²) in [7, 11) is 0. The van der Waals surface area contributed by atoms with Gasteiger partial charge in [0.15, 0.2) is 0 Å². The van der Waals surface area contributed by atoms with Crippen molar-refractivity contribution in [1.82, 2.24) is 20.1 Å². The predicted octanol–water partition coefficient (Wildman–Crippen LogP) is 1.88. The first-order valence-electron chi connectivity index (χ1n) is 7.98. The van der Waals surface area contributed by atoms with Gasteiger partial charge in [-0.05, 0) is 23.3 Å². The van der Waals surface area contributed by atoms with E-state index < -0.39 is 0 Å². The number of hydrogen-bond acceptors (Lipinski definition) is 5. The maximum absolute atomic E-state index is 13.3. The van der Waals surface area contributed by atoms with Gasteiger partial charge in [-0.1, -0.05) is 19.9 Å². The summed E-state index contributed by atoms with van der Waals surface area (Å²) in [5.74, 6) is 1.08. The molecule has 1 unspecified atom stereocenters. The van der Waals surface area contributed by atoms with Crippen LogP contribution in [0.15, 0.2) is 23.8 Å². The zero-order chi connectivity index (χ0) is 16.1. The van der Waals surface area contributed by atoms with Gasteiger partial charge in [-0.2, -0.15) is 10.1 Å². The first-order chi connectivity index (χ1) is 11.0. The van der Waals surface area contributed by atoms with Gasteiger partial charge in [0.2, 0.25) is 11.9 Å². The maximum Gasteiger partial charge on any atom is 0.234 e. The second-order valence-electron chi connectivity index (χ2n) is 7.03. The minimum absolute atomic E-state index is 0.0526. The number of amides is 1. The van der Waals surface area contributed by atoms with E-state index in [9.17, 15) is 4.79 Å². The third kappa shape index (κ3) is 2.17. The Balaban J connectivity index is 1.50. The van der Waals surface area contributed by atoms with E-state index in [-0.39, 0.29) is 10.8 Å². The molecular formula is C16H21N5OS. The lowest BCUT2D eigenvalue weighted by Gasteiger charge is -2.37. The number of rotatable bonds is 3. The Hall–Kier alpha value is -1.89. The molecule has 1 saturated carbocycles. The van der Waals surface area contributed by atoms with E-state index in [0.717, 1.165) is 38.5 Å². The molecule has 0 spiro atoms. The topological polar surface area (TPSA) is 65.1 Å². The van der Waals surface area contributed by atoms with Gasteiger partial charge in [-0.15, -0.1) is 11.3 Å². The monoisotopic (exact) mass is 331 g/mol. The molecule has 1 atom stereocenters. The highest BCUT2D eigenvalue weighted by atomic mass is 32.1. The van der Waals surface area contributed by atoms with Gasteiger partial charge in [0.05, 0.1) is 5.41 Å². The van der Waals surface area contributed by atoms with E-state index in [2.05, 4.69) is 45.4 Å². The Labute approximate surface area is 139 Å². The molecular weight excluding hydrogens is 310 g/mol. The summed E-state index contributed by atoms with van der Waals surface area (Å²) in [6, 6.07) is 4.16. The normalized spacial score (nSPS) is 26.3. The molecule has 6 nitrogen and oxygen atoms in total. The standard InChI is InChI=1S/C16H21N5OS/c1-15(2)10-16(15,12-4-3-9-23-12)13(22)20-5-7-21(8-6-20)14-17-11-18-19-14/h3-4,9,11H,5-8,10H2,1-2H3,(H,17,18,19). The molecule has 2 aliphatic rings. The number of thiophene rings is 1. The fraction of sp³-hybridized carbons (Fsp3) is 0.562. The van der Waals surface area contributed by atoms with Crippen molar-refractivity contribution in [3.63, 3.8) is 0 Å². The van der Waals surface area contributed by atoms with Crippen molar-refractivity contribution in [3.8, 4) is 0 Å². The van der Waals surface area contributed by atoms with E-state index in [0.29, 0.717) is 5.91 Å².